The number of nitrogens with two attached hydrogens (primary N) is 1. The number of nitrogens with one attached hydrogen (secondary N) is 1. The zero-order chi connectivity index (χ0) is 15.6. The van der Waals surface area contributed by atoms with E-state index in [1.54, 1.807) is 11.6 Å². The quantitative estimate of drug-likeness (QED) is 0.786. The maximum atomic E-state index is 12.3. The molecule has 20 heavy (non-hydrogen) atoms. The van der Waals surface area contributed by atoms with E-state index in [1.165, 1.54) is 0 Å². The van der Waals surface area contributed by atoms with Crippen molar-refractivity contribution in [3.8, 4) is 0 Å². The largest absolute Gasteiger partial charge is 0.383 e. The van der Waals surface area contributed by atoms with Crippen LogP contribution in [0, 0.1) is 6.92 Å². The van der Waals surface area contributed by atoms with Gasteiger partial charge in [0.05, 0.1) is 11.2 Å². The number of rotatable bonds is 6. The third-order valence-corrected chi connectivity index (χ3v) is 4.64. The first kappa shape index (κ1) is 17.0. The Kier molecular flexibility index (Phi) is 5.21. The van der Waals surface area contributed by atoms with Crippen LogP contribution in [0.5, 0.6) is 0 Å². The molecule has 3 N–H and O–H groups in total. The Bertz CT molecular complexity index is 556. The number of aryl methyl sites for hydroxylation is 1. The highest BCUT2D eigenvalue weighted by atomic mass is 32.2. The molecule has 0 aromatic carbocycles. The summed E-state index contributed by atoms with van der Waals surface area (Å²) >= 11 is 0. The van der Waals surface area contributed by atoms with Gasteiger partial charge in [0.2, 0.25) is 10.0 Å². The van der Waals surface area contributed by atoms with Crippen LogP contribution >= 0.6 is 0 Å². The Hall–Kier alpha value is -1.08. The fourth-order valence-electron chi connectivity index (χ4n) is 2.03. The number of sulfonamides is 1. The van der Waals surface area contributed by atoms with Gasteiger partial charge in [-0.15, -0.1) is 0 Å². The van der Waals surface area contributed by atoms with Gasteiger partial charge in [0.1, 0.15) is 10.7 Å². The molecule has 0 radical (unpaired) electrons. The van der Waals surface area contributed by atoms with E-state index in [0.717, 1.165) is 19.3 Å². The Morgan fingerprint density at radius 2 is 1.90 bits per heavy atom. The molecular weight excluding hydrogens is 276 g/mol. The standard InChI is InChI=1S/C13H26N4O2S/c1-6-7-8-9-15-20(18,19)11-10(2)16-17(12(11)14)13(3,4)5/h15H,6-9,14H2,1-5H3. The van der Waals surface area contributed by atoms with Crippen LogP contribution in [0.15, 0.2) is 4.90 Å². The molecule has 0 unspecified atom stereocenters. The molecule has 0 saturated carbocycles. The second-order valence-corrected chi connectivity index (χ2v) is 7.69. The zero-order valence-electron chi connectivity index (χ0n) is 13.0. The van der Waals surface area contributed by atoms with Gasteiger partial charge in [-0.05, 0) is 34.1 Å². The van der Waals surface area contributed by atoms with Crippen molar-refractivity contribution in [2.45, 2.75) is 64.3 Å². The molecule has 7 heteroatoms. The minimum atomic E-state index is -3.60. The topological polar surface area (TPSA) is 90.0 Å². The van der Waals surface area contributed by atoms with Crippen LogP contribution in [0.2, 0.25) is 0 Å². The molecule has 0 aliphatic rings. The van der Waals surface area contributed by atoms with Crippen molar-refractivity contribution in [1.29, 1.82) is 0 Å². The second-order valence-electron chi connectivity index (χ2n) is 5.99. The van der Waals surface area contributed by atoms with Crippen LogP contribution in [0.4, 0.5) is 5.82 Å². The van der Waals surface area contributed by atoms with Crippen molar-refractivity contribution < 1.29 is 8.42 Å². The first-order chi connectivity index (χ1) is 9.11. The van der Waals surface area contributed by atoms with Crippen LogP contribution in [0.1, 0.15) is 52.7 Å². The van der Waals surface area contributed by atoms with Gasteiger partial charge >= 0.3 is 0 Å². The summed E-state index contributed by atoms with van der Waals surface area (Å²) in [6.07, 6.45) is 2.87. The van der Waals surface area contributed by atoms with Gasteiger partial charge in [-0.2, -0.15) is 5.10 Å². The van der Waals surface area contributed by atoms with Crippen molar-refractivity contribution >= 4 is 15.8 Å². The van der Waals surface area contributed by atoms with Crippen molar-refractivity contribution in [2.75, 3.05) is 12.3 Å². The molecule has 1 aromatic rings. The minimum Gasteiger partial charge on any atom is -0.383 e. The SMILES string of the molecule is CCCCCNS(=O)(=O)c1c(C)nn(C(C)(C)C)c1N. The Balaban J connectivity index is 3.04. The number of hydrogen-bond donors (Lipinski definition) is 2. The maximum Gasteiger partial charge on any atom is 0.246 e. The first-order valence-corrected chi connectivity index (χ1v) is 8.44. The molecule has 0 spiro atoms. The highest BCUT2D eigenvalue weighted by Crippen LogP contribution is 2.27. The summed E-state index contributed by atoms with van der Waals surface area (Å²) in [5.74, 6) is 0.193. The fraction of sp³-hybridized carbons (Fsp3) is 0.769. The predicted molar refractivity (Wildman–Crippen MR) is 81.1 cm³/mol. The Labute approximate surface area is 121 Å². The third kappa shape index (κ3) is 3.73. The maximum absolute atomic E-state index is 12.3. The molecular formula is C13H26N4O2S. The Morgan fingerprint density at radius 1 is 1.30 bits per heavy atom. The lowest BCUT2D eigenvalue weighted by Gasteiger charge is -2.20. The molecule has 116 valence electrons. The number of unbranched alkanes of at least 4 members (excludes halogenated alkanes) is 2. The number of hydrogen-bond acceptors (Lipinski definition) is 4. The second kappa shape index (κ2) is 6.13. The summed E-state index contributed by atoms with van der Waals surface area (Å²) in [7, 11) is -3.60. The van der Waals surface area contributed by atoms with E-state index in [1.807, 2.05) is 20.8 Å². The van der Waals surface area contributed by atoms with Crippen molar-refractivity contribution in [3.63, 3.8) is 0 Å². The minimum absolute atomic E-state index is 0.101. The summed E-state index contributed by atoms with van der Waals surface area (Å²) in [5.41, 5.74) is 6.06. The number of anilines is 1. The molecule has 0 fully saturated rings. The van der Waals surface area contributed by atoms with Crippen molar-refractivity contribution in [1.82, 2.24) is 14.5 Å². The summed E-state index contributed by atoms with van der Waals surface area (Å²) in [5, 5.41) is 4.26. The zero-order valence-corrected chi connectivity index (χ0v) is 13.8. The van der Waals surface area contributed by atoms with E-state index >= 15 is 0 Å². The number of nitrogens with zero attached hydrogens (tertiary/aromatic N) is 2. The van der Waals surface area contributed by atoms with Crippen LogP contribution in [0.3, 0.4) is 0 Å². The summed E-state index contributed by atoms with van der Waals surface area (Å²) in [6.45, 7) is 9.96. The third-order valence-electron chi connectivity index (χ3n) is 3.02. The van der Waals surface area contributed by atoms with E-state index in [4.69, 9.17) is 5.73 Å². The predicted octanol–water partition coefficient (Wildman–Crippen LogP) is 2.00. The van der Waals surface area contributed by atoms with E-state index < -0.39 is 10.0 Å². The number of aromatic nitrogens is 2. The van der Waals surface area contributed by atoms with Crippen LogP contribution in [0.25, 0.3) is 0 Å². The molecule has 1 rings (SSSR count). The molecule has 6 nitrogen and oxygen atoms in total. The molecule has 0 amide bonds. The molecule has 0 aliphatic carbocycles. The van der Waals surface area contributed by atoms with Crippen molar-refractivity contribution in [3.05, 3.63) is 5.69 Å². The van der Waals surface area contributed by atoms with Crippen LogP contribution < -0.4 is 10.5 Å². The Morgan fingerprint density at radius 3 is 2.35 bits per heavy atom. The van der Waals surface area contributed by atoms with Gasteiger partial charge in [0, 0.05) is 6.54 Å². The van der Waals surface area contributed by atoms with Gasteiger partial charge in [-0.3, -0.25) is 0 Å². The normalized spacial score (nSPS) is 12.8. The van der Waals surface area contributed by atoms with Gasteiger partial charge in [0.15, 0.2) is 0 Å². The fourth-order valence-corrected chi connectivity index (χ4v) is 3.38. The highest BCUT2D eigenvalue weighted by Gasteiger charge is 2.28. The first-order valence-electron chi connectivity index (χ1n) is 6.96. The lowest BCUT2D eigenvalue weighted by molar-refractivity contribution is 0.360. The van der Waals surface area contributed by atoms with Crippen molar-refractivity contribution in [2.24, 2.45) is 0 Å². The van der Waals surface area contributed by atoms with E-state index in [2.05, 4.69) is 16.7 Å². The van der Waals surface area contributed by atoms with Crippen LogP contribution in [-0.2, 0) is 15.6 Å². The van der Waals surface area contributed by atoms with Gasteiger partial charge in [0.25, 0.3) is 0 Å². The average Bonchev–Trinajstić information content (AvgIpc) is 2.60. The lowest BCUT2D eigenvalue weighted by Crippen LogP contribution is -2.27. The molecule has 1 heterocycles. The molecule has 0 saturated heterocycles. The molecule has 0 atom stereocenters. The van der Waals surface area contributed by atoms with Gasteiger partial charge in [-0.25, -0.2) is 17.8 Å². The monoisotopic (exact) mass is 302 g/mol. The van der Waals surface area contributed by atoms with Gasteiger partial charge in [-0.1, -0.05) is 19.8 Å². The molecule has 0 aliphatic heterocycles. The van der Waals surface area contributed by atoms with E-state index in [-0.39, 0.29) is 16.3 Å². The molecule has 0 bridgehead atoms. The summed E-state index contributed by atoms with van der Waals surface area (Å²) in [6, 6.07) is 0. The smallest absolute Gasteiger partial charge is 0.246 e. The highest BCUT2D eigenvalue weighted by molar-refractivity contribution is 7.89. The lowest BCUT2D eigenvalue weighted by atomic mass is 10.1. The molecule has 1 aromatic heterocycles. The van der Waals surface area contributed by atoms with Gasteiger partial charge < -0.3 is 5.73 Å². The van der Waals surface area contributed by atoms with Crippen LogP contribution in [-0.4, -0.2) is 24.7 Å². The van der Waals surface area contributed by atoms with E-state index in [9.17, 15) is 8.42 Å². The summed E-state index contributed by atoms with van der Waals surface area (Å²) < 4.78 is 28.8. The van der Waals surface area contributed by atoms with E-state index in [0.29, 0.717) is 12.2 Å². The average molecular weight is 302 g/mol. The number of nitrogen functional groups attached to an aromatic ring is 1. The summed E-state index contributed by atoms with van der Waals surface area (Å²) in [4.78, 5) is 0.101.